The number of nitrogens with zero attached hydrogens (tertiary/aromatic N) is 1. The summed E-state index contributed by atoms with van der Waals surface area (Å²) < 4.78 is 38.5. The van der Waals surface area contributed by atoms with Gasteiger partial charge in [0.25, 0.3) is 0 Å². The summed E-state index contributed by atoms with van der Waals surface area (Å²) in [6.45, 7) is 0. The van der Waals surface area contributed by atoms with Crippen molar-refractivity contribution in [1.82, 2.24) is 4.98 Å². The zero-order chi connectivity index (χ0) is 15.5. The van der Waals surface area contributed by atoms with Gasteiger partial charge in [-0.05, 0) is 18.2 Å². The zero-order valence-corrected chi connectivity index (χ0v) is 12.1. The highest BCUT2D eigenvalue weighted by atomic mass is 35.5. The maximum atomic E-state index is 12.8. The van der Waals surface area contributed by atoms with Crippen LogP contribution in [0.25, 0.3) is 0 Å². The number of Topliss-reactive ketones (excluding diaryl/α,β-unsaturated/α-hetero) is 1. The van der Waals surface area contributed by atoms with E-state index >= 15 is 0 Å². The number of benzene rings is 1. The summed E-state index contributed by atoms with van der Waals surface area (Å²) in [6, 6.07) is 7.63. The first-order chi connectivity index (χ1) is 9.89. The van der Waals surface area contributed by atoms with E-state index in [4.69, 9.17) is 11.6 Å². The molecule has 2 aromatic rings. The van der Waals surface area contributed by atoms with Crippen LogP contribution in [0.4, 0.5) is 13.2 Å². The molecule has 7 heteroatoms. The van der Waals surface area contributed by atoms with Gasteiger partial charge < -0.3 is 0 Å². The van der Waals surface area contributed by atoms with Crippen molar-refractivity contribution in [3.05, 3.63) is 58.9 Å². The molecular weight excluding hydrogens is 323 g/mol. The fraction of sp³-hybridized carbons (Fsp3) is 0.143. The summed E-state index contributed by atoms with van der Waals surface area (Å²) in [6.07, 6.45) is -2.62. The van der Waals surface area contributed by atoms with Crippen molar-refractivity contribution >= 4 is 29.1 Å². The lowest BCUT2D eigenvalue weighted by atomic mass is 10.1. The normalized spacial score (nSPS) is 11.4. The highest BCUT2D eigenvalue weighted by molar-refractivity contribution is 8.00. The number of ketones is 1. The van der Waals surface area contributed by atoms with Gasteiger partial charge in [-0.15, -0.1) is 11.8 Å². The van der Waals surface area contributed by atoms with Gasteiger partial charge in [-0.25, -0.2) is 0 Å². The predicted molar refractivity (Wildman–Crippen MR) is 75.7 cm³/mol. The molecule has 0 amide bonds. The minimum atomic E-state index is -4.58. The molecule has 21 heavy (non-hydrogen) atoms. The van der Waals surface area contributed by atoms with E-state index in [0.717, 1.165) is 30.2 Å². The predicted octanol–water partition coefficient (Wildman–Crippen LogP) is 4.73. The first-order valence-corrected chi connectivity index (χ1v) is 7.17. The molecule has 0 saturated heterocycles. The van der Waals surface area contributed by atoms with Crippen molar-refractivity contribution < 1.29 is 18.0 Å². The topological polar surface area (TPSA) is 30.0 Å². The Labute approximate surface area is 128 Å². The van der Waals surface area contributed by atoms with Crippen molar-refractivity contribution in [3.63, 3.8) is 0 Å². The van der Waals surface area contributed by atoms with Gasteiger partial charge in [-0.2, -0.15) is 13.2 Å². The minimum absolute atomic E-state index is 0.140. The quantitative estimate of drug-likeness (QED) is 0.599. The van der Waals surface area contributed by atoms with E-state index in [2.05, 4.69) is 4.98 Å². The highest BCUT2D eigenvalue weighted by Crippen LogP contribution is 2.33. The highest BCUT2D eigenvalue weighted by Gasteiger charge is 2.35. The third kappa shape index (κ3) is 3.98. The van der Waals surface area contributed by atoms with E-state index in [0.29, 0.717) is 9.92 Å². The van der Waals surface area contributed by atoms with E-state index in [9.17, 15) is 18.0 Å². The van der Waals surface area contributed by atoms with Crippen LogP contribution in [0.1, 0.15) is 15.9 Å². The Morgan fingerprint density at radius 1 is 1.24 bits per heavy atom. The number of aromatic nitrogens is 1. The van der Waals surface area contributed by atoms with Gasteiger partial charge in [0.15, 0.2) is 5.78 Å². The molecule has 1 aromatic heterocycles. The fourth-order valence-corrected chi connectivity index (χ4v) is 2.77. The van der Waals surface area contributed by atoms with Crippen LogP contribution in [0.2, 0.25) is 5.02 Å². The molecular formula is C14H9ClF3NOS. The van der Waals surface area contributed by atoms with Gasteiger partial charge in [0.2, 0.25) is 0 Å². The lowest BCUT2D eigenvalue weighted by Gasteiger charge is -2.11. The summed E-state index contributed by atoms with van der Waals surface area (Å²) in [7, 11) is 0. The lowest BCUT2D eigenvalue weighted by Crippen LogP contribution is -2.14. The average molecular weight is 332 g/mol. The van der Waals surface area contributed by atoms with Crippen molar-refractivity contribution in [2.45, 2.75) is 11.1 Å². The van der Waals surface area contributed by atoms with Gasteiger partial charge in [-0.3, -0.25) is 9.78 Å². The van der Waals surface area contributed by atoms with E-state index in [1.54, 1.807) is 24.3 Å². The SMILES string of the molecule is O=C(CSc1ccccc1Cl)c1cnccc1C(F)(F)F. The van der Waals surface area contributed by atoms with E-state index < -0.39 is 23.1 Å². The third-order valence-corrected chi connectivity index (χ3v) is 4.14. The molecule has 0 radical (unpaired) electrons. The molecule has 1 heterocycles. The second-order valence-corrected chi connectivity index (χ2v) is 5.49. The Bertz CT molecular complexity index is 661. The van der Waals surface area contributed by atoms with Gasteiger partial charge in [0, 0.05) is 22.9 Å². The van der Waals surface area contributed by atoms with Crippen molar-refractivity contribution in [2.75, 3.05) is 5.75 Å². The number of halogens is 4. The molecule has 0 spiro atoms. The molecule has 0 unspecified atom stereocenters. The monoisotopic (exact) mass is 331 g/mol. The molecule has 110 valence electrons. The van der Waals surface area contributed by atoms with Crippen LogP contribution in [-0.2, 0) is 6.18 Å². The Morgan fingerprint density at radius 3 is 2.62 bits per heavy atom. The third-order valence-electron chi connectivity index (χ3n) is 2.62. The molecule has 0 aliphatic rings. The molecule has 0 fully saturated rings. The molecule has 0 aliphatic carbocycles. The minimum Gasteiger partial charge on any atom is -0.293 e. The van der Waals surface area contributed by atoms with Crippen LogP contribution < -0.4 is 0 Å². The smallest absolute Gasteiger partial charge is 0.293 e. The number of thioether (sulfide) groups is 1. The van der Waals surface area contributed by atoms with E-state index in [1.165, 1.54) is 0 Å². The van der Waals surface area contributed by atoms with E-state index in [-0.39, 0.29) is 5.75 Å². The molecule has 0 N–H and O–H groups in total. The Balaban J connectivity index is 2.17. The number of rotatable bonds is 4. The van der Waals surface area contributed by atoms with Gasteiger partial charge in [0.05, 0.1) is 16.3 Å². The first-order valence-electron chi connectivity index (χ1n) is 5.81. The summed E-state index contributed by atoms with van der Waals surface area (Å²) in [5.41, 5.74) is -1.40. The van der Waals surface area contributed by atoms with Crippen LogP contribution in [0.15, 0.2) is 47.6 Å². The van der Waals surface area contributed by atoms with Crippen LogP contribution in [0, 0.1) is 0 Å². The second-order valence-electron chi connectivity index (χ2n) is 4.06. The summed E-state index contributed by atoms with van der Waals surface area (Å²) in [4.78, 5) is 16.2. The van der Waals surface area contributed by atoms with Crippen molar-refractivity contribution in [2.24, 2.45) is 0 Å². The Morgan fingerprint density at radius 2 is 1.95 bits per heavy atom. The molecule has 0 atom stereocenters. The van der Waals surface area contributed by atoms with Crippen LogP contribution in [-0.4, -0.2) is 16.5 Å². The maximum absolute atomic E-state index is 12.8. The number of hydrogen-bond donors (Lipinski definition) is 0. The largest absolute Gasteiger partial charge is 0.417 e. The second kappa shape index (κ2) is 6.49. The number of carbonyl (C=O) groups excluding carboxylic acids is 1. The number of hydrogen-bond acceptors (Lipinski definition) is 3. The lowest BCUT2D eigenvalue weighted by molar-refractivity contribution is -0.138. The number of alkyl halides is 3. The summed E-state index contributed by atoms with van der Waals surface area (Å²) in [5, 5.41) is 0.456. The van der Waals surface area contributed by atoms with Crippen molar-refractivity contribution in [3.8, 4) is 0 Å². The van der Waals surface area contributed by atoms with Gasteiger partial charge >= 0.3 is 6.18 Å². The Kier molecular flexibility index (Phi) is 4.90. The van der Waals surface area contributed by atoms with Gasteiger partial charge in [0.1, 0.15) is 0 Å². The molecule has 0 aliphatic heterocycles. The molecule has 2 rings (SSSR count). The number of pyridine rings is 1. The molecule has 2 nitrogen and oxygen atoms in total. The van der Waals surface area contributed by atoms with E-state index in [1.807, 2.05) is 0 Å². The average Bonchev–Trinajstić information content (AvgIpc) is 2.45. The standard InChI is InChI=1S/C14H9ClF3NOS/c15-11-3-1-2-4-13(11)21-8-12(20)9-7-19-6-5-10(9)14(16,17)18/h1-7H,8H2. The molecule has 0 bridgehead atoms. The van der Waals surface area contributed by atoms with Crippen LogP contribution in [0.5, 0.6) is 0 Å². The molecule has 0 saturated carbocycles. The van der Waals surface area contributed by atoms with Crippen molar-refractivity contribution in [1.29, 1.82) is 0 Å². The van der Waals surface area contributed by atoms with Gasteiger partial charge in [-0.1, -0.05) is 23.7 Å². The summed E-state index contributed by atoms with van der Waals surface area (Å²) >= 11 is 7.03. The maximum Gasteiger partial charge on any atom is 0.417 e. The fourth-order valence-electron chi connectivity index (χ4n) is 1.65. The van der Waals surface area contributed by atoms with Crippen LogP contribution >= 0.6 is 23.4 Å². The molecule has 1 aromatic carbocycles. The number of carbonyl (C=O) groups is 1. The van der Waals surface area contributed by atoms with Crippen LogP contribution in [0.3, 0.4) is 0 Å². The Hall–Kier alpha value is -1.53. The zero-order valence-electron chi connectivity index (χ0n) is 10.5. The first kappa shape index (κ1) is 15.9. The summed E-state index contributed by atoms with van der Waals surface area (Å²) in [5.74, 6) is -0.779.